The number of allylic oxidation sites excluding steroid dienone is 18. The van der Waals surface area contributed by atoms with Crippen LogP contribution in [0.1, 0.15) is 188 Å². The summed E-state index contributed by atoms with van der Waals surface area (Å²) in [4.78, 5) is 11.2. The monoisotopic (exact) mass is 766 g/mol. The first-order chi connectivity index (χ1) is 26.6. The minimum atomic E-state index is -1.16. The molecule has 2 N–H and O–H groups in total. The van der Waals surface area contributed by atoms with Gasteiger partial charge in [-0.1, -0.05) is 111 Å². The molecule has 0 atom stereocenters. The first-order valence-electron chi connectivity index (χ1n) is 21.2. The third-order valence-corrected chi connectivity index (χ3v) is 10.4. The first-order valence-corrected chi connectivity index (χ1v) is 21.2. The van der Waals surface area contributed by atoms with Gasteiger partial charge in [-0.15, -0.1) is 0 Å². The van der Waals surface area contributed by atoms with Crippen LogP contribution in [0.2, 0.25) is 0 Å². The molecule has 0 aliphatic rings. The van der Waals surface area contributed by atoms with Crippen molar-refractivity contribution in [2.75, 3.05) is 0 Å². The van der Waals surface area contributed by atoms with Crippen molar-refractivity contribution in [3.8, 4) is 11.5 Å². The largest absolute Gasteiger partial charge is 0.870 e. The maximum Gasteiger partial charge on any atom is 0.335 e. The molecule has 4 heteroatoms. The fraction of sp³-hybridized carbons (Fsp3) is 0.519. The van der Waals surface area contributed by atoms with E-state index in [2.05, 4.69) is 111 Å². The molecule has 0 unspecified atom stereocenters. The highest BCUT2D eigenvalue weighted by atomic mass is 16.4. The van der Waals surface area contributed by atoms with Crippen LogP contribution in [0.3, 0.4) is 0 Å². The van der Waals surface area contributed by atoms with Gasteiger partial charge in [0.15, 0.2) is 0 Å². The van der Waals surface area contributed by atoms with E-state index in [0.29, 0.717) is 12.0 Å². The summed E-state index contributed by atoms with van der Waals surface area (Å²) in [5.74, 6) is -2.18. The van der Waals surface area contributed by atoms with Gasteiger partial charge in [0, 0.05) is 0 Å². The van der Waals surface area contributed by atoms with Gasteiger partial charge < -0.3 is 15.3 Å². The fourth-order valence-electron chi connectivity index (χ4n) is 6.46. The van der Waals surface area contributed by atoms with Crippen molar-refractivity contribution >= 4 is 5.97 Å². The quantitative estimate of drug-likeness (QED) is 0.0874. The molecular weight excluding hydrogens is 689 g/mol. The first kappa shape index (κ1) is 50.0. The number of phenolic OH excluding ortho intramolecular Hbond substituents is 1. The maximum absolute atomic E-state index is 12.2. The Labute approximate surface area is 343 Å². The molecule has 1 aromatic rings. The highest BCUT2D eigenvalue weighted by molar-refractivity contribution is 5.89. The predicted octanol–water partition coefficient (Wildman–Crippen LogP) is 15.5. The van der Waals surface area contributed by atoms with Crippen LogP contribution in [0.15, 0.2) is 117 Å². The van der Waals surface area contributed by atoms with Crippen molar-refractivity contribution in [3.63, 3.8) is 0 Å². The van der Waals surface area contributed by atoms with Crippen molar-refractivity contribution < 1.29 is 20.1 Å². The minimum absolute atomic E-state index is 0.0723. The Morgan fingerprint density at radius 1 is 0.464 bits per heavy atom. The van der Waals surface area contributed by atoms with E-state index in [1.165, 1.54) is 63.5 Å². The third kappa shape index (κ3) is 25.2. The zero-order valence-electron chi connectivity index (χ0n) is 37.1. The molecular formula is C52H77O4-. The van der Waals surface area contributed by atoms with E-state index in [1.807, 2.05) is 13.0 Å². The summed E-state index contributed by atoms with van der Waals surface area (Å²) in [5, 5.41) is 31.2. The highest BCUT2D eigenvalue weighted by Crippen LogP contribution is 2.29. The van der Waals surface area contributed by atoms with Crippen molar-refractivity contribution in [1.82, 2.24) is 0 Å². The molecule has 0 spiro atoms. The molecule has 0 fully saturated rings. The van der Waals surface area contributed by atoms with Gasteiger partial charge in [-0.05, 0) is 196 Å². The second-order valence-electron chi connectivity index (χ2n) is 16.5. The maximum atomic E-state index is 12.2. The second kappa shape index (κ2) is 29.2. The van der Waals surface area contributed by atoms with E-state index in [0.717, 1.165) is 102 Å². The zero-order chi connectivity index (χ0) is 41.9. The van der Waals surface area contributed by atoms with Gasteiger partial charge in [-0.3, -0.25) is 0 Å². The van der Waals surface area contributed by atoms with Crippen molar-refractivity contribution in [2.45, 2.75) is 178 Å². The number of phenols is 1. The van der Waals surface area contributed by atoms with Gasteiger partial charge in [0.2, 0.25) is 0 Å². The van der Waals surface area contributed by atoms with Crippen molar-refractivity contribution in [2.24, 2.45) is 0 Å². The summed E-state index contributed by atoms with van der Waals surface area (Å²) >= 11 is 0. The molecule has 0 amide bonds. The molecule has 310 valence electrons. The summed E-state index contributed by atoms with van der Waals surface area (Å²) in [6.45, 7) is 22.2. The number of carbonyl (C=O) groups is 1. The van der Waals surface area contributed by atoms with E-state index in [4.69, 9.17) is 0 Å². The van der Waals surface area contributed by atoms with Crippen LogP contribution in [0, 0.1) is 0 Å². The van der Waals surface area contributed by atoms with E-state index in [1.54, 1.807) is 0 Å². The molecule has 1 rings (SSSR count). The molecule has 0 aliphatic heterocycles. The lowest BCUT2D eigenvalue weighted by Crippen LogP contribution is -2.02. The molecule has 0 heterocycles. The highest BCUT2D eigenvalue weighted by Gasteiger charge is 2.08. The number of aromatic hydroxyl groups is 1. The summed E-state index contributed by atoms with van der Waals surface area (Å²) in [6.07, 6.45) is 39.0. The van der Waals surface area contributed by atoms with Gasteiger partial charge in [0.25, 0.3) is 0 Å². The fourth-order valence-corrected chi connectivity index (χ4v) is 6.46. The SMILES string of the molecule is CC(C)=CCC/C(C)=C/CC/C(C)=C/CC/C(C)=C/CC/C(C)=C/CC/C(C)=C/CC/C(C)=C/CC/C(C)=C/CC/C(C)=C/Cc1cc(C(=O)O)cc(O)c1[O-]. The Morgan fingerprint density at radius 3 is 1.00 bits per heavy atom. The molecule has 4 nitrogen and oxygen atoms in total. The molecule has 0 saturated heterocycles. The number of aromatic carboxylic acids is 1. The minimum Gasteiger partial charge on any atom is -0.870 e. The Morgan fingerprint density at radius 2 is 0.732 bits per heavy atom. The average Bonchev–Trinajstić information content (AvgIpc) is 3.12. The number of hydrogen-bond donors (Lipinski definition) is 2. The topological polar surface area (TPSA) is 80.6 Å². The summed E-state index contributed by atoms with van der Waals surface area (Å²) in [5.41, 5.74) is 13.1. The van der Waals surface area contributed by atoms with E-state index >= 15 is 0 Å². The summed E-state index contributed by atoms with van der Waals surface area (Å²) in [6, 6.07) is 2.36. The van der Waals surface area contributed by atoms with Gasteiger partial charge in [-0.25, -0.2) is 4.79 Å². The Kier molecular flexibility index (Phi) is 26.1. The Hall–Kier alpha value is -4.05. The molecule has 0 aliphatic carbocycles. The molecule has 0 saturated carbocycles. The van der Waals surface area contributed by atoms with E-state index in [-0.39, 0.29) is 5.56 Å². The van der Waals surface area contributed by atoms with Gasteiger partial charge in [0.05, 0.1) is 5.56 Å². The number of hydrogen-bond acceptors (Lipinski definition) is 3. The smallest absolute Gasteiger partial charge is 0.335 e. The van der Waals surface area contributed by atoms with Crippen LogP contribution in [0.4, 0.5) is 0 Å². The number of carboxylic acid groups (broad SMARTS) is 1. The van der Waals surface area contributed by atoms with Crippen LogP contribution < -0.4 is 5.11 Å². The van der Waals surface area contributed by atoms with E-state index in [9.17, 15) is 20.1 Å². The number of carboxylic acids is 1. The molecule has 0 radical (unpaired) electrons. The van der Waals surface area contributed by atoms with E-state index < -0.39 is 17.5 Å². The van der Waals surface area contributed by atoms with Crippen LogP contribution in [-0.2, 0) is 6.42 Å². The van der Waals surface area contributed by atoms with Crippen LogP contribution in [0.25, 0.3) is 0 Å². The normalized spacial score (nSPS) is 14.1. The lowest BCUT2D eigenvalue weighted by atomic mass is 10.0. The molecule has 1 aromatic carbocycles. The van der Waals surface area contributed by atoms with Crippen molar-refractivity contribution in [3.05, 3.63) is 128 Å². The standard InChI is InChI=1S/C52H78O4/c1-39(2)19-11-20-40(3)21-12-22-41(4)23-13-24-42(5)25-14-26-43(6)27-15-28-44(7)29-16-30-45(8)31-17-32-46(9)33-18-34-47(10)35-36-48-37-49(52(55)56)38-50(53)51(48)54/h19,21,23,25,27,29,31,33,35,37-38,53-54H,11-18,20,22,24,26,28,30,32,34,36H2,1-10H3,(H,55,56)/p-1/b40-21+,41-23+,42-25+,43-27+,44-29+,45-31+,46-33+,47-35+. The van der Waals surface area contributed by atoms with Gasteiger partial charge >= 0.3 is 5.97 Å². The molecule has 0 bridgehead atoms. The van der Waals surface area contributed by atoms with Crippen LogP contribution in [0.5, 0.6) is 11.5 Å². The number of rotatable bonds is 27. The zero-order valence-corrected chi connectivity index (χ0v) is 37.1. The Bertz CT molecular complexity index is 1640. The van der Waals surface area contributed by atoms with Crippen molar-refractivity contribution in [1.29, 1.82) is 0 Å². The molecule has 56 heavy (non-hydrogen) atoms. The Balaban J connectivity index is 2.29. The third-order valence-electron chi connectivity index (χ3n) is 10.4. The lowest BCUT2D eigenvalue weighted by Gasteiger charge is -2.15. The summed E-state index contributed by atoms with van der Waals surface area (Å²) < 4.78 is 0. The van der Waals surface area contributed by atoms with Crippen LogP contribution in [-0.4, -0.2) is 16.2 Å². The number of benzene rings is 1. The summed E-state index contributed by atoms with van der Waals surface area (Å²) in [7, 11) is 0. The predicted molar refractivity (Wildman–Crippen MR) is 242 cm³/mol. The van der Waals surface area contributed by atoms with Gasteiger partial charge in [0.1, 0.15) is 5.75 Å². The van der Waals surface area contributed by atoms with Gasteiger partial charge in [-0.2, -0.15) is 0 Å². The average molecular weight is 766 g/mol. The lowest BCUT2D eigenvalue weighted by molar-refractivity contribution is -0.271. The second-order valence-corrected chi connectivity index (χ2v) is 16.5. The van der Waals surface area contributed by atoms with Crippen LogP contribution >= 0.6 is 0 Å². The molecule has 0 aromatic heterocycles.